The van der Waals surface area contributed by atoms with E-state index in [1.165, 1.54) is 19.2 Å². The number of methoxy groups -OCH3 is 1. The van der Waals surface area contributed by atoms with Crippen LogP contribution in [0.25, 0.3) is 6.08 Å². The SMILES string of the molecule is COc1ccc(/C=C2\SC(=O)N(Cc3ccc(Cl)cc3Cl)C2=O)cc1OCc1ccc(F)cc1. The van der Waals surface area contributed by atoms with Gasteiger partial charge in [0.05, 0.1) is 18.6 Å². The van der Waals surface area contributed by atoms with E-state index in [0.29, 0.717) is 32.7 Å². The minimum absolute atomic E-state index is 0.0483. The molecule has 3 aromatic carbocycles. The Bertz CT molecular complexity index is 1280. The van der Waals surface area contributed by atoms with E-state index in [-0.39, 0.29) is 29.1 Å². The molecule has 0 radical (unpaired) electrons. The first-order valence-electron chi connectivity index (χ1n) is 10.1. The molecule has 0 saturated carbocycles. The van der Waals surface area contributed by atoms with Gasteiger partial charge in [0.2, 0.25) is 0 Å². The summed E-state index contributed by atoms with van der Waals surface area (Å²) in [5.41, 5.74) is 2.07. The molecule has 4 rings (SSSR count). The van der Waals surface area contributed by atoms with E-state index in [4.69, 9.17) is 32.7 Å². The molecule has 1 aliphatic heterocycles. The van der Waals surface area contributed by atoms with Gasteiger partial charge in [0.15, 0.2) is 11.5 Å². The van der Waals surface area contributed by atoms with E-state index in [2.05, 4.69) is 0 Å². The van der Waals surface area contributed by atoms with Crippen molar-refractivity contribution >= 4 is 52.2 Å². The highest BCUT2D eigenvalue weighted by Gasteiger charge is 2.35. The maximum Gasteiger partial charge on any atom is 0.293 e. The molecule has 0 aromatic heterocycles. The van der Waals surface area contributed by atoms with Crippen molar-refractivity contribution in [1.29, 1.82) is 0 Å². The summed E-state index contributed by atoms with van der Waals surface area (Å²) in [6, 6.07) is 16.1. The molecule has 5 nitrogen and oxygen atoms in total. The van der Waals surface area contributed by atoms with Crippen LogP contribution in [0.4, 0.5) is 9.18 Å². The molecule has 1 heterocycles. The van der Waals surface area contributed by atoms with E-state index < -0.39 is 5.91 Å². The Balaban J connectivity index is 1.52. The lowest BCUT2D eigenvalue weighted by atomic mass is 10.1. The summed E-state index contributed by atoms with van der Waals surface area (Å²) in [6.07, 6.45) is 1.62. The number of amides is 2. The molecule has 0 N–H and O–H groups in total. The standard InChI is InChI=1S/C25H18Cl2FNO4S/c1-32-21-9-4-16(10-22(21)33-14-15-2-7-19(28)8-3-15)11-23-24(30)29(25(31)34-23)13-17-5-6-18(26)12-20(17)27/h2-12H,13-14H2,1H3/b23-11-. The lowest BCUT2D eigenvalue weighted by molar-refractivity contribution is -0.123. The average Bonchev–Trinajstić information content (AvgIpc) is 3.07. The third-order valence-corrected chi connectivity index (χ3v) is 6.50. The van der Waals surface area contributed by atoms with Gasteiger partial charge in [-0.1, -0.05) is 47.5 Å². The van der Waals surface area contributed by atoms with E-state index in [1.807, 2.05) is 0 Å². The fourth-order valence-corrected chi connectivity index (χ4v) is 4.55. The zero-order valence-electron chi connectivity index (χ0n) is 17.9. The number of thioether (sulfide) groups is 1. The molecule has 0 spiro atoms. The largest absolute Gasteiger partial charge is 0.493 e. The zero-order valence-corrected chi connectivity index (χ0v) is 20.2. The Kier molecular flexibility index (Phi) is 7.46. The highest BCUT2D eigenvalue weighted by molar-refractivity contribution is 8.18. The molecule has 9 heteroatoms. The van der Waals surface area contributed by atoms with Crippen molar-refractivity contribution in [2.45, 2.75) is 13.2 Å². The van der Waals surface area contributed by atoms with Gasteiger partial charge in [-0.05, 0) is 70.9 Å². The smallest absolute Gasteiger partial charge is 0.293 e. The highest BCUT2D eigenvalue weighted by Crippen LogP contribution is 2.36. The predicted octanol–water partition coefficient (Wildman–Crippen LogP) is 6.96. The second-order valence-corrected chi connectivity index (χ2v) is 9.17. The first-order chi connectivity index (χ1) is 16.3. The second-order valence-electron chi connectivity index (χ2n) is 7.33. The van der Waals surface area contributed by atoms with Crippen molar-refractivity contribution < 1.29 is 23.5 Å². The van der Waals surface area contributed by atoms with Crippen LogP contribution in [0.15, 0.2) is 65.6 Å². The normalized spacial score (nSPS) is 14.7. The van der Waals surface area contributed by atoms with E-state index in [1.54, 1.807) is 54.6 Å². The summed E-state index contributed by atoms with van der Waals surface area (Å²) in [5.74, 6) is 0.221. The number of imide groups is 1. The van der Waals surface area contributed by atoms with Crippen LogP contribution in [-0.4, -0.2) is 23.2 Å². The zero-order chi connectivity index (χ0) is 24.2. The molecule has 3 aromatic rings. The Morgan fingerprint density at radius 1 is 1.00 bits per heavy atom. The van der Waals surface area contributed by atoms with Crippen LogP contribution in [0.2, 0.25) is 10.0 Å². The number of hydrogen-bond acceptors (Lipinski definition) is 5. The molecule has 1 aliphatic rings. The summed E-state index contributed by atoms with van der Waals surface area (Å²) >= 11 is 13.0. The number of rotatable bonds is 7. The second kappa shape index (κ2) is 10.5. The van der Waals surface area contributed by atoms with Crippen molar-refractivity contribution in [3.05, 3.63) is 98.1 Å². The quantitative estimate of drug-likeness (QED) is 0.317. The lowest BCUT2D eigenvalue weighted by Gasteiger charge is -2.14. The van der Waals surface area contributed by atoms with E-state index >= 15 is 0 Å². The van der Waals surface area contributed by atoms with Gasteiger partial charge in [-0.15, -0.1) is 0 Å². The van der Waals surface area contributed by atoms with Crippen molar-refractivity contribution in [3.8, 4) is 11.5 Å². The van der Waals surface area contributed by atoms with Crippen LogP contribution in [0, 0.1) is 5.82 Å². The minimum Gasteiger partial charge on any atom is -0.493 e. The first-order valence-corrected chi connectivity index (χ1v) is 11.7. The van der Waals surface area contributed by atoms with Gasteiger partial charge in [0, 0.05) is 10.0 Å². The van der Waals surface area contributed by atoms with Gasteiger partial charge >= 0.3 is 0 Å². The van der Waals surface area contributed by atoms with Crippen LogP contribution >= 0.6 is 35.0 Å². The third-order valence-electron chi connectivity index (χ3n) is 5.01. The molecular formula is C25H18Cl2FNO4S. The highest BCUT2D eigenvalue weighted by atomic mass is 35.5. The van der Waals surface area contributed by atoms with Crippen molar-refractivity contribution in [3.63, 3.8) is 0 Å². The molecule has 0 unspecified atom stereocenters. The molecule has 0 aliphatic carbocycles. The molecule has 1 fully saturated rings. The van der Waals surface area contributed by atoms with Crippen LogP contribution in [-0.2, 0) is 17.9 Å². The monoisotopic (exact) mass is 517 g/mol. The van der Waals surface area contributed by atoms with Gasteiger partial charge < -0.3 is 9.47 Å². The summed E-state index contributed by atoms with van der Waals surface area (Å²) in [6.45, 7) is 0.255. The molecule has 174 valence electrons. The number of benzene rings is 3. The topological polar surface area (TPSA) is 55.8 Å². The molecule has 34 heavy (non-hydrogen) atoms. The number of halogens is 3. The predicted molar refractivity (Wildman–Crippen MR) is 132 cm³/mol. The fraction of sp³-hybridized carbons (Fsp3) is 0.120. The van der Waals surface area contributed by atoms with Crippen molar-refractivity contribution in [2.75, 3.05) is 7.11 Å². The molecular weight excluding hydrogens is 500 g/mol. The third kappa shape index (κ3) is 5.55. The van der Waals surface area contributed by atoms with E-state index in [0.717, 1.165) is 22.2 Å². The molecule has 0 bridgehead atoms. The Morgan fingerprint density at radius 3 is 2.47 bits per heavy atom. The Hall–Kier alpha value is -3.00. The number of nitrogens with zero attached hydrogens (tertiary/aromatic N) is 1. The Morgan fingerprint density at radius 2 is 1.76 bits per heavy atom. The summed E-state index contributed by atoms with van der Waals surface area (Å²) < 4.78 is 24.3. The van der Waals surface area contributed by atoms with Crippen molar-refractivity contribution in [2.24, 2.45) is 0 Å². The summed E-state index contributed by atoms with van der Waals surface area (Å²) in [4.78, 5) is 26.8. The summed E-state index contributed by atoms with van der Waals surface area (Å²) in [5, 5.41) is 0.469. The molecule has 0 atom stereocenters. The van der Waals surface area contributed by atoms with Gasteiger partial charge in [0.1, 0.15) is 12.4 Å². The van der Waals surface area contributed by atoms with Gasteiger partial charge in [-0.2, -0.15) is 0 Å². The fourth-order valence-electron chi connectivity index (χ4n) is 3.25. The first kappa shape index (κ1) is 24.1. The maximum atomic E-state index is 13.1. The number of carbonyl (C=O) groups excluding carboxylic acids is 2. The van der Waals surface area contributed by atoms with Gasteiger partial charge in [-0.3, -0.25) is 14.5 Å². The summed E-state index contributed by atoms with van der Waals surface area (Å²) in [7, 11) is 1.52. The van der Waals surface area contributed by atoms with Crippen LogP contribution in [0.5, 0.6) is 11.5 Å². The number of ether oxygens (including phenoxy) is 2. The lowest BCUT2D eigenvalue weighted by Crippen LogP contribution is -2.27. The van der Waals surface area contributed by atoms with E-state index in [9.17, 15) is 14.0 Å². The van der Waals surface area contributed by atoms with Crippen LogP contribution < -0.4 is 9.47 Å². The number of carbonyl (C=O) groups is 2. The van der Waals surface area contributed by atoms with Crippen LogP contribution in [0.1, 0.15) is 16.7 Å². The minimum atomic E-state index is -0.411. The van der Waals surface area contributed by atoms with Crippen LogP contribution in [0.3, 0.4) is 0 Å². The number of hydrogen-bond donors (Lipinski definition) is 0. The maximum absolute atomic E-state index is 13.1. The van der Waals surface area contributed by atoms with Crippen molar-refractivity contribution in [1.82, 2.24) is 4.90 Å². The average molecular weight is 518 g/mol. The van der Waals surface area contributed by atoms with Gasteiger partial charge in [-0.25, -0.2) is 4.39 Å². The molecule has 1 saturated heterocycles. The molecule has 2 amide bonds. The van der Waals surface area contributed by atoms with Gasteiger partial charge in [0.25, 0.3) is 11.1 Å². The Labute approximate surface area is 210 Å².